The van der Waals surface area contributed by atoms with Crippen molar-refractivity contribution in [3.8, 4) is 0 Å². The van der Waals surface area contributed by atoms with E-state index < -0.39 is 0 Å². The fourth-order valence-electron chi connectivity index (χ4n) is 4.03. The second kappa shape index (κ2) is 5.27. The molecule has 2 rings (SSSR count). The minimum absolute atomic E-state index is 0.0975. The van der Waals surface area contributed by atoms with Gasteiger partial charge in [0.25, 0.3) is 0 Å². The Morgan fingerprint density at radius 1 is 1.18 bits per heavy atom. The first-order chi connectivity index (χ1) is 7.99. The molecule has 5 unspecified atom stereocenters. The van der Waals surface area contributed by atoms with Crippen molar-refractivity contribution < 1.29 is 5.11 Å². The topological polar surface area (TPSA) is 23.5 Å². The Morgan fingerprint density at radius 2 is 1.88 bits per heavy atom. The summed E-state index contributed by atoms with van der Waals surface area (Å²) in [6.45, 7) is 11.7. The van der Waals surface area contributed by atoms with Gasteiger partial charge in [0.2, 0.25) is 0 Å². The number of likely N-dealkylation sites (tertiary alicyclic amines) is 1. The summed E-state index contributed by atoms with van der Waals surface area (Å²) in [5.41, 5.74) is 0. The lowest BCUT2D eigenvalue weighted by molar-refractivity contribution is -0.0171. The molecular weight excluding hydrogens is 210 g/mol. The van der Waals surface area contributed by atoms with Crippen molar-refractivity contribution in [1.82, 2.24) is 4.90 Å². The van der Waals surface area contributed by atoms with Gasteiger partial charge in [-0.15, -0.1) is 0 Å². The average molecular weight is 239 g/mol. The zero-order valence-corrected chi connectivity index (χ0v) is 11.9. The number of hydrogen-bond acceptors (Lipinski definition) is 2. The second-order valence-corrected chi connectivity index (χ2v) is 6.90. The van der Waals surface area contributed by atoms with E-state index in [1.807, 2.05) is 0 Å². The summed E-state index contributed by atoms with van der Waals surface area (Å²) in [4.78, 5) is 2.58. The predicted octanol–water partition coefficient (Wildman–Crippen LogP) is 2.76. The molecule has 0 radical (unpaired) electrons. The third-order valence-corrected chi connectivity index (χ3v) is 5.02. The molecule has 1 aliphatic heterocycles. The normalized spacial score (nSPS) is 44.5. The molecule has 2 heteroatoms. The molecule has 1 heterocycles. The van der Waals surface area contributed by atoms with Crippen LogP contribution in [-0.4, -0.2) is 35.2 Å². The molecule has 5 atom stereocenters. The van der Waals surface area contributed by atoms with Gasteiger partial charge in [-0.1, -0.05) is 27.7 Å². The molecular formula is C15H29NO. The van der Waals surface area contributed by atoms with Crippen LogP contribution in [0.1, 0.15) is 47.0 Å². The van der Waals surface area contributed by atoms with Gasteiger partial charge in [-0.05, 0) is 49.5 Å². The molecule has 1 saturated carbocycles. The quantitative estimate of drug-likeness (QED) is 0.801. The molecule has 0 aromatic carbocycles. The van der Waals surface area contributed by atoms with E-state index in [4.69, 9.17) is 0 Å². The highest BCUT2D eigenvalue weighted by molar-refractivity contribution is 4.93. The minimum atomic E-state index is -0.0975. The summed E-state index contributed by atoms with van der Waals surface area (Å²) < 4.78 is 0. The highest BCUT2D eigenvalue weighted by Gasteiger charge is 2.39. The maximum atomic E-state index is 10.4. The maximum absolute atomic E-state index is 10.4. The van der Waals surface area contributed by atoms with Gasteiger partial charge in [-0.3, -0.25) is 4.90 Å². The average Bonchev–Trinajstić information content (AvgIpc) is 2.65. The molecule has 0 aromatic rings. The van der Waals surface area contributed by atoms with Gasteiger partial charge in [-0.25, -0.2) is 0 Å². The van der Waals surface area contributed by atoms with Crippen LogP contribution in [-0.2, 0) is 0 Å². The van der Waals surface area contributed by atoms with Crippen molar-refractivity contribution in [3.63, 3.8) is 0 Å². The fourth-order valence-corrected chi connectivity index (χ4v) is 4.03. The van der Waals surface area contributed by atoms with Gasteiger partial charge < -0.3 is 5.11 Å². The van der Waals surface area contributed by atoms with Crippen molar-refractivity contribution in [2.45, 2.75) is 59.1 Å². The predicted molar refractivity (Wildman–Crippen MR) is 71.9 cm³/mol. The monoisotopic (exact) mass is 239 g/mol. The van der Waals surface area contributed by atoms with E-state index in [2.05, 4.69) is 32.6 Å². The van der Waals surface area contributed by atoms with E-state index in [1.54, 1.807) is 0 Å². The lowest BCUT2D eigenvalue weighted by Gasteiger charge is -2.42. The van der Waals surface area contributed by atoms with Crippen LogP contribution < -0.4 is 0 Å². The molecule has 2 fully saturated rings. The van der Waals surface area contributed by atoms with E-state index in [0.29, 0.717) is 17.9 Å². The van der Waals surface area contributed by atoms with Crippen LogP contribution in [0.3, 0.4) is 0 Å². The smallest absolute Gasteiger partial charge is 0.0700 e. The Bertz CT molecular complexity index is 241. The zero-order chi connectivity index (χ0) is 12.6. The highest BCUT2D eigenvalue weighted by Crippen LogP contribution is 2.35. The third-order valence-electron chi connectivity index (χ3n) is 5.02. The van der Waals surface area contributed by atoms with E-state index in [9.17, 15) is 5.11 Å². The van der Waals surface area contributed by atoms with Gasteiger partial charge >= 0.3 is 0 Å². The van der Waals surface area contributed by atoms with E-state index in [1.165, 1.54) is 25.9 Å². The third kappa shape index (κ3) is 2.85. The molecule has 2 nitrogen and oxygen atoms in total. The Morgan fingerprint density at radius 3 is 2.41 bits per heavy atom. The van der Waals surface area contributed by atoms with E-state index >= 15 is 0 Å². The molecule has 0 spiro atoms. The minimum Gasteiger partial charge on any atom is -0.391 e. The van der Waals surface area contributed by atoms with E-state index in [-0.39, 0.29) is 6.10 Å². The van der Waals surface area contributed by atoms with Gasteiger partial charge in [0.05, 0.1) is 6.10 Å². The molecule has 100 valence electrons. The first-order valence-corrected chi connectivity index (χ1v) is 7.41. The molecule has 0 bridgehead atoms. The first-order valence-electron chi connectivity index (χ1n) is 7.41. The van der Waals surface area contributed by atoms with Crippen molar-refractivity contribution in [2.24, 2.45) is 23.7 Å². The molecule has 1 N–H and O–H groups in total. The summed E-state index contributed by atoms with van der Waals surface area (Å²) in [6.07, 6.45) is 3.51. The van der Waals surface area contributed by atoms with Gasteiger partial charge in [0.15, 0.2) is 0 Å². The van der Waals surface area contributed by atoms with Crippen LogP contribution in [0.5, 0.6) is 0 Å². The van der Waals surface area contributed by atoms with Crippen molar-refractivity contribution in [2.75, 3.05) is 13.1 Å². The summed E-state index contributed by atoms with van der Waals surface area (Å²) >= 11 is 0. The van der Waals surface area contributed by atoms with Crippen LogP contribution in [0.15, 0.2) is 0 Å². The molecule has 0 aromatic heterocycles. The lowest BCUT2D eigenvalue weighted by Crippen LogP contribution is -2.50. The Hall–Kier alpha value is -0.0800. The molecule has 1 saturated heterocycles. The number of rotatable bonds is 2. The Labute approximate surface area is 106 Å². The highest BCUT2D eigenvalue weighted by atomic mass is 16.3. The summed E-state index contributed by atoms with van der Waals surface area (Å²) in [6, 6.07) is 0.426. The van der Waals surface area contributed by atoms with Crippen molar-refractivity contribution >= 4 is 0 Å². The first kappa shape index (κ1) is 13.4. The number of aliphatic hydroxyl groups excluding tert-OH is 1. The summed E-state index contributed by atoms with van der Waals surface area (Å²) in [5.74, 6) is 2.98. The van der Waals surface area contributed by atoms with Crippen LogP contribution >= 0.6 is 0 Å². The molecule has 17 heavy (non-hydrogen) atoms. The number of nitrogens with zero attached hydrogens (tertiary/aromatic N) is 1. The molecule has 1 aliphatic carbocycles. The standard InChI is InChI=1S/C15H29NO/c1-10(2)13-5-6-16(9-13)15-12(4)7-11(3)8-14(15)17/h10-15,17H,5-9H2,1-4H3. The number of aliphatic hydroxyl groups is 1. The second-order valence-electron chi connectivity index (χ2n) is 6.90. The fraction of sp³-hybridized carbons (Fsp3) is 1.00. The zero-order valence-electron chi connectivity index (χ0n) is 11.9. The SMILES string of the molecule is CC1CC(C)C(N2CCC(C(C)C)C2)C(O)C1. The number of hydrogen-bond donors (Lipinski definition) is 1. The summed E-state index contributed by atoms with van der Waals surface area (Å²) in [5, 5.41) is 10.4. The maximum Gasteiger partial charge on any atom is 0.0700 e. The van der Waals surface area contributed by atoms with Gasteiger partial charge in [0, 0.05) is 12.6 Å². The van der Waals surface area contributed by atoms with Crippen LogP contribution in [0, 0.1) is 23.7 Å². The van der Waals surface area contributed by atoms with Crippen molar-refractivity contribution in [3.05, 3.63) is 0 Å². The van der Waals surface area contributed by atoms with Crippen LogP contribution in [0.25, 0.3) is 0 Å². The van der Waals surface area contributed by atoms with Gasteiger partial charge in [-0.2, -0.15) is 0 Å². The summed E-state index contributed by atoms with van der Waals surface area (Å²) in [7, 11) is 0. The lowest BCUT2D eigenvalue weighted by atomic mass is 9.77. The largest absolute Gasteiger partial charge is 0.391 e. The van der Waals surface area contributed by atoms with E-state index in [0.717, 1.165) is 18.3 Å². The molecule has 2 aliphatic rings. The van der Waals surface area contributed by atoms with Crippen LogP contribution in [0.2, 0.25) is 0 Å². The van der Waals surface area contributed by atoms with Gasteiger partial charge in [0.1, 0.15) is 0 Å². The van der Waals surface area contributed by atoms with Crippen molar-refractivity contribution in [1.29, 1.82) is 0 Å². The van der Waals surface area contributed by atoms with Crippen LogP contribution in [0.4, 0.5) is 0 Å². The Kier molecular flexibility index (Phi) is 4.14. The molecule has 0 amide bonds. The Balaban J connectivity index is 1.98.